The summed E-state index contributed by atoms with van der Waals surface area (Å²) in [4.78, 5) is 19.0. The Morgan fingerprint density at radius 3 is 2.72 bits per heavy atom. The molecular formula is C26H30N4O2. The van der Waals surface area contributed by atoms with E-state index < -0.39 is 5.91 Å². The molecule has 0 spiro atoms. The van der Waals surface area contributed by atoms with Gasteiger partial charge in [-0.05, 0) is 50.6 Å². The van der Waals surface area contributed by atoms with Crippen molar-refractivity contribution in [3.63, 3.8) is 0 Å². The summed E-state index contributed by atoms with van der Waals surface area (Å²) in [5, 5.41) is 8.74. The van der Waals surface area contributed by atoms with Crippen molar-refractivity contribution in [1.29, 1.82) is 0 Å². The molecule has 1 saturated heterocycles. The molecule has 0 radical (unpaired) electrons. The van der Waals surface area contributed by atoms with Gasteiger partial charge in [0.25, 0.3) is 5.91 Å². The summed E-state index contributed by atoms with van der Waals surface area (Å²) in [6, 6.07) is 18.7. The van der Waals surface area contributed by atoms with Gasteiger partial charge in [-0.1, -0.05) is 55.5 Å². The van der Waals surface area contributed by atoms with E-state index in [9.17, 15) is 4.79 Å². The molecule has 6 heteroatoms. The number of benzene rings is 2. The number of hydroxylamine groups is 1. The molecule has 0 aliphatic carbocycles. The summed E-state index contributed by atoms with van der Waals surface area (Å²) in [6.45, 7) is 7.61. The Balaban J connectivity index is 1.80. The number of piperidine rings is 1. The van der Waals surface area contributed by atoms with Crippen LogP contribution in [0.25, 0.3) is 28.7 Å². The lowest BCUT2D eigenvalue weighted by Crippen LogP contribution is -2.36. The normalized spacial score (nSPS) is 17.0. The number of likely N-dealkylation sites (N-methyl/N-ethyl adjacent to an activating group) is 1. The van der Waals surface area contributed by atoms with Crippen LogP contribution in [0, 0.1) is 6.92 Å². The zero-order chi connectivity index (χ0) is 22.5. The van der Waals surface area contributed by atoms with Crippen LogP contribution in [-0.4, -0.2) is 45.2 Å². The lowest BCUT2D eigenvalue weighted by atomic mass is 10.0. The minimum absolute atomic E-state index is 0.364. The minimum Gasteiger partial charge on any atom is -0.323 e. The van der Waals surface area contributed by atoms with Crippen LogP contribution in [0.3, 0.4) is 0 Å². The van der Waals surface area contributed by atoms with Crippen molar-refractivity contribution >= 4 is 12.0 Å². The second-order valence-electron chi connectivity index (χ2n) is 8.23. The van der Waals surface area contributed by atoms with Crippen LogP contribution in [0.15, 0.2) is 60.7 Å². The highest BCUT2D eigenvalue weighted by atomic mass is 16.5. The minimum atomic E-state index is -0.555. The number of carbonyl (C=O) groups excluding carboxylic acids is 1. The number of nitrogens with zero attached hydrogens (tertiary/aromatic N) is 3. The lowest BCUT2D eigenvalue weighted by molar-refractivity contribution is -0.124. The monoisotopic (exact) mass is 430 g/mol. The van der Waals surface area contributed by atoms with E-state index in [1.54, 1.807) is 11.6 Å². The molecule has 0 unspecified atom stereocenters. The van der Waals surface area contributed by atoms with Crippen molar-refractivity contribution in [3.8, 4) is 22.6 Å². The standard InChI is InChI=1S/C26H30N4O2/c1-3-29-16-8-13-23(18-29)30-19(2)25(21-10-5-4-6-11-21)27-26(30)22-12-7-9-20(17-22)14-15-24(31)28-32/h4-7,9-12,14-15,17,23,32H,3,8,13,16,18H2,1-2H3,(H,28,31)/b15-14+/t23-/m1/s1. The van der Waals surface area contributed by atoms with Crippen LogP contribution in [0.5, 0.6) is 0 Å². The highest BCUT2D eigenvalue weighted by molar-refractivity contribution is 5.91. The number of carbonyl (C=O) groups is 1. The van der Waals surface area contributed by atoms with Gasteiger partial charge in [0, 0.05) is 35.5 Å². The number of likely N-dealkylation sites (tertiary alicyclic amines) is 1. The van der Waals surface area contributed by atoms with E-state index in [4.69, 9.17) is 10.2 Å². The van der Waals surface area contributed by atoms with Gasteiger partial charge in [0.2, 0.25) is 0 Å². The second kappa shape index (κ2) is 9.94. The van der Waals surface area contributed by atoms with Crippen molar-refractivity contribution in [2.75, 3.05) is 19.6 Å². The largest absolute Gasteiger partial charge is 0.323 e. The smallest absolute Gasteiger partial charge is 0.267 e. The first-order valence-electron chi connectivity index (χ1n) is 11.2. The van der Waals surface area contributed by atoms with E-state index in [2.05, 4.69) is 41.5 Å². The molecule has 32 heavy (non-hydrogen) atoms. The molecule has 1 aliphatic heterocycles. The fraction of sp³-hybridized carbons (Fsp3) is 0.308. The van der Waals surface area contributed by atoms with Gasteiger partial charge in [0.1, 0.15) is 5.82 Å². The van der Waals surface area contributed by atoms with Crippen LogP contribution in [0.2, 0.25) is 0 Å². The SMILES string of the molecule is CCN1CCC[C@@H](n2c(-c3cccc(/C=C/C(=O)NO)c3)nc(-c3ccccc3)c2C)C1. The zero-order valence-corrected chi connectivity index (χ0v) is 18.7. The molecule has 1 atom stereocenters. The number of hydrogen-bond donors (Lipinski definition) is 2. The molecule has 3 aromatic rings. The molecule has 1 amide bonds. The van der Waals surface area contributed by atoms with Gasteiger partial charge in [0.05, 0.1) is 5.69 Å². The fourth-order valence-electron chi connectivity index (χ4n) is 4.55. The molecule has 1 aromatic heterocycles. The summed E-state index contributed by atoms with van der Waals surface area (Å²) in [6.07, 6.45) is 5.31. The average molecular weight is 431 g/mol. The molecule has 2 aromatic carbocycles. The second-order valence-corrected chi connectivity index (χ2v) is 8.23. The van der Waals surface area contributed by atoms with Gasteiger partial charge in [-0.3, -0.25) is 10.0 Å². The maximum absolute atomic E-state index is 11.4. The fourth-order valence-corrected chi connectivity index (χ4v) is 4.55. The Morgan fingerprint density at radius 1 is 1.19 bits per heavy atom. The van der Waals surface area contributed by atoms with E-state index >= 15 is 0 Å². The number of imidazole rings is 1. The Kier molecular flexibility index (Phi) is 6.83. The first kappa shape index (κ1) is 22.0. The molecule has 1 aliphatic rings. The third kappa shape index (κ3) is 4.66. The number of amides is 1. The Labute approximate surface area is 189 Å². The molecule has 166 valence electrons. The van der Waals surface area contributed by atoms with Crippen LogP contribution >= 0.6 is 0 Å². The summed E-state index contributed by atoms with van der Waals surface area (Å²) < 4.78 is 2.41. The first-order chi connectivity index (χ1) is 15.6. The van der Waals surface area contributed by atoms with Gasteiger partial charge >= 0.3 is 0 Å². The molecular weight excluding hydrogens is 400 g/mol. The van der Waals surface area contributed by atoms with E-state index in [1.165, 1.54) is 18.2 Å². The Bertz CT molecular complexity index is 1100. The van der Waals surface area contributed by atoms with Crippen molar-refractivity contribution in [2.45, 2.75) is 32.7 Å². The van der Waals surface area contributed by atoms with E-state index in [1.807, 2.05) is 36.4 Å². The molecule has 2 N–H and O–H groups in total. The molecule has 0 bridgehead atoms. The summed E-state index contributed by atoms with van der Waals surface area (Å²) in [7, 11) is 0. The molecule has 0 saturated carbocycles. The number of aromatic nitrogens is 2. The van der Waals surface area contributed by atoms with Gasteiger partial charge in [-0.2, -0.15) is 0 Å². The number of rotatable bonds is 6. The summed E-state index contributed by atoms with van der Waals surface area (Å²) in [5.41, 5.74) is 6.81. The van der Waals surface area contributed by atoms with Crippen molar-refractivity contribution in [1.82, 2.24) is 19.9 Å². The number of hydrogen-bond acceptors (Lipinski definition) is 4. The van der Waals surface area contributed by atoms with E-state index in [0.29, 0.717) is 6.04 Å². The highest BCUT2D eigenvalue weighted by Gasteiger charge is 2.26. The molecule has 1 fully saturated rings. The van der Waals surface area contributed by atoms with Crippen LogP contribution < -0.4 is 5.48 Å². The van der Waals surface area contributed by atoms with Gasteiger partial charge in [-0.15, -0.1) is 0 Å². The molecule has 6 nitrogen and oxygen atoms in total. The maximum Gasteiger partial charge on any atom is 0.267 e. The van der Waals surface area contributed by atoms with Gasteiger partial charge in [-0.25, -0.2) is 10.5 Å². The van der Waals surface area contributed by atoms with Crippen molar-refractivity contribution < 1.29 is 10.0 Å². The number of nitrogens with one attached hydrogen (secondary N) is 1. The maximum atomic E-state index is 11.4. The van der Waals surface area contributed by atoms with Crippen LogP contribution in [0.1, 0.15) is 37.1 Å². The Morgan fingerprint density at radius 2 is 1.97 bits per heavy atom. The molecule has 4 rings (SSSR count). The summed E-state index contributed by atoms with van der Waals surface area (Å²) >= 11 is 0. The van der Waals surface area contributed by atoms with Crippen LogP contribution in [0.4, 0.5) is 0 Å². The third-order valence-electron chi connectivity index (χ3n) is 6.17. The van der Waals surface area contributed by atoms with E-state index in [-0.39, 0.29) is 0 Å². The van der Waals surface area contributed by atoms with Crippen LogP contribution in [-0.2, 0) is 4.79 Å². The predicted octanol–water partition coefficient (Wildman–Crippen LogP) is 4.70. The molecule has 2 heterocycles. The third-order valence-corrected chi connectivity index (χ3v) is 6.17. The summed E-state index contributed by atoms with van der Waals surface area (Å²) in [5.74, 6) is 0.395. The Hall–Kier alpha value is -3.22. The predicted molar refractivity (Wildman–Crippen MR) is 127 cm³/mol. The quantitative estimate of drug-likeness (QED) is 0.338. The zero-order valence-electron chi connectivity index (χ0n) is 18.7. The topological polar surface area (TPSA) is 70.4 Å². The van der Waals surface area contributed by atoms with Crippen molar-refractivity contribution in [3.05, 3.63) is 71.9 Å². The van der Waals surface area contributed by atoms with Crippen molar-refractivity contribution in [2.24, 2.45) is 0 Å². The highest BCUT2D eigenvalue weighted by Crippen LogP contribution is 2.35. The van der Waals surface area contributed by atoms with Gasteiger partial charge < -0.3 is 9.47 Å². The first-order valence-corrected chi connectivity index (χ1v) is 11.2. The lowest BCUT2D eigenvalue weighted by Gasteiger charge is -2.34. The van der Waals surface area contributed by atoms with Gasteiger partial charge in [0.15, 0.2) is 0 Å². The van der Waals surface area contributed by atoms with E-state index in [0.717, 1.165) is 54.3 Å². The average Bonchev–Trinajstić information content (AvgIpc) is 3.20.